The molecule has 0 spiro atoms. The van der Waals surface area contributed by atoms with Crippen molar-refractivity contribution in [2.24, 2.45) is 5.92 Å². The first-order chi connectivity index (χ1) is 25.1. The van der Waals surface area contributed by atoms with E-state index in [-0.39, 0.29) is 36.0 Å². The number of aliphatic hydroxyl groups excluding tert-OH is 1. The van der Waals surface area contributed by atoms with Gasteiger partial charge in [0, 0.05) is 36.9 Å². The van der Waals surface area contributed by atoms with Crippen molar-refractivity contribution in [1.82, 2.24) is 9.62 Å². The molecule has 2 fully saturated rings. The second-order valence-corrected chi connectivity index (χ2v) is 15.6. The Labute approximate surface area is 307 Å². The second-order valence-electron chi connectivity index (χ2n) is 13.9. The zero-order chi connectivity index (χ0) is 36.7. The number of benzene rings is 4. The number of ether oxygens (including phenoxy) is 3. The monoisotopic (exact) mass is 727 g/mol. The molecule has 6 atom stereocenters. The minimum Gasteiger partial charge on any atom is -0.392 e. The number of carbonyl (C=O) groups is 1. The highest BCUT2D eigenvalue weighted by atomic mass is 32.2. The van der Waals surface area contributed by atoms with Crippen molar-refractivity contribution in [2.45, 2.75) is 75.2 Å². The highest BCUT2D eigenvalue weighted by molar-refractivity contribution is 7.89. The van der Waals surface area contributed by atoms with E-state index in [0.717, 1.165) is 53.7 Å². The van der Waals surface area contributed by atoms with E-state index in [2.05, 4.69) is 21.9 Å². The molecule has 0 saturated carbocycles. The topological polar surface area (TPSA) is 126 Å². The van der Waals surface area contributed by atoms with Gasteiger partial charge in [0.25, 0.3) is 0 Å². The summed E-state index contributed by atoms with van der Waals surface area (Å²) in [4.78, 5) is 16.4. The highest BCUT2D eigenvalue weighted by Gasteiger charge is 2.40. The largest absolute Gasteiger partial charge is 0.392 e. The molecule has 1 amide bonds. The molecular weight excluding hydrogens is 679 g/mol. The first-order valence-corrected chi connectivity index (χ1v) is 19.4. The van der Waals surface area contributed by atoms with Crippen LogP contribution in [0.2, 0.25) is 0 Å². The van der Waals surface area contributed by atoms with Crippen molar-refractivity contribution in [2.75, 3.05) is 32.1 Å². The fourth-order valence-corrected chi connectivity index (χ4v) is 8.27. The van der Waals surface area contributed by atoms with E-state index in [1.807, 2.05) is 79.7 Å². The molecule has 2 saturated heterocycles. The lowest BCUT2D eigenvalue weighted by Crippen LogP contribution is -2.46. The number of aryl methyl sites for hydroxylation is 1. The third kappa shape index (κ3) is 9.34. The summed E-state index contributed by atoms with van der Waals surface area (Å²) in [5.41, 5.74) is 4.78. The highest BCUT2D eigenvalue weighted by Crippen LogP contribution is 2.42. The van der Waals surface area contributed by atoms with Gasteiger partial charge in [0.2, 0.25) is 15.9 Å². The summed E-state index contributed by atoms with van der Waals surface area (Å²) in [5, 5.41) is 12.6. The Kier molecular flexibility index (Phi) is 12.5. The van der Waals surface area contributed by atoms with Crippen LogP contribution in [0.4, 0.5) is 5.69 Å². The first-order valence-electron chi connectivity index (χ1n) is 17.9. The lowest BCUT2D eigenvalue weighted by atomic mass is 9.90. The van der Waals surface area contributed by atoms with Crippen LogP contribution >= 0.6 is 0 Å². The van der Waals surface area contributed by atoms with Gasteiger partial charge in [0.1, 0.15) is 6.04 Å². The van der Waals surface area contributed by atoms with E-state index >= 15 is 0 Å². The van der Waals surface area contributed by atoms with Gasteiger partial charge in [0.05, 0.1) is 30.3 Å². The van der Waals surface area contributed by atoms with Gasteiger partial charge in [-0.15, -0.1) is 0 Å². The number of nitrogens with one attached hydrogen (secondary N) is 2. The Morgan fingerprint density at radius 1 is 0.942 bits per heavy atom. The van der Waals surface area contributed by atoms with E-state index in [1.54, 1.807) is 25.3 Å². The van der Waals surface area contributed by atoms with E-state index in [0.29, 0.717) is 18.3 Å². The summed E-state index contributed by atoms with van der Waals surface area (Å²) in [6.45, 7) is 6.36. The number of hydrogen-bond donors (Lipinski definition) is 3. The van der Waals surface area contributed by atoms with Gasteiger partial charge >= 0.3 is 0 Å². The third-order valence-corrected chi connectivity index (χ3v) is 11.5. The van der Waals surface area contributed by atoms with Gasteiger partial charge in [-0.3, -0.25) is 9.69 Å². The van der Waals surface area contributed by atoms with Crippen molar-refractivity contribution >= 4 is 21.6 Å². The van der Waals surface area contributed by atoms with Gasteiger partial charge in [-0.25, -0.2) is 8.42 Å². The SMILES string of the molecule is COC[C@@H]1CCCN1C[C@H]1O[C@@H](c2cccc(NC(=O)[C@@H](Cc3ccccc3)NS(=O)(=O)c3ccc(C)cc3)c2)O[C@@H](c2ccc(CO)cc2)[C@H]1C. The maximum Gasteiger partial charge on any atom is 0.242 e. The van der Waals surface area contributed by atoms with Crippen molar-refractivity contribution in [3.05, 3.63) is 131 Å². The Morgan fingerprint density at radius 2 is 1.69 bits per heavy atom. The van der Waals surface area contributed by atoms with Crippen LogP contribution in [0, 0.1) is 12.8 Å². The summed E-state index contributed by atoms with van der Waals surface area (Å²) < 4.78 is 48.5. The Balaban J connectivity index is 1.24. The Morgan fingerprint density at radius 3 is 2.40 bits per heavy atom. The van der Waals surface area contributed by atoms with Crippen LogP contribution in [0.3, 0.4) is 0 Å². The van der Waals surface area contributed by atoms with Gasteiger partial charge in [-0.1, -0.05) is 91.3 Å². The average molecular weight is 728 g/mol. The van der Waals surface area contributed by atoms with Crippen LogP contribution in [0.1, 0.15) is 60.0 Å². The summed E-state index contributed by atoms with van der Waals surface area (Å²) in [6, 6.07) is 30.2. The number of nitrogens with zero attached hydrogens (tertiary/aromatic N) is 1. The number of amides is 1. The summed E-state index contributed by atoms with van der Waals surface area (Å²) in [7, 11) is -2.26. The van der Waals surface area contributed by atoms with Crippen LogP contribution in [-0.4, -0.2) is 69.3 Å². The molecule has 276 valence electrons. The minimum atomic E-state index is -4.00. The van der Waals surface area contributed by atoms with E-state index in [9.17, 15) is 18.3 Å². The van der Waals surface area contributed by atoms with E-state index < -0.39 is 28.3 Å². The van der Waals surface area contributed by atoms with Crippen molar-refractivity contribution in [3.8, 4) is 0 Å². The van der Waals surface area contributed by atoms with E-state index in [1.165, 1.54) is 12.1 Å². The predicted molar refractivity (Wildman–Crippen MR) is 200 cm³/mol. The quantitative estimate of drug-likeness (QED) is 0.146. The number of carbonyl (C=O) groups excluding carboxylic acids is 1. The number of aliphatic hydroxyl groups is 1. The van der Waals surface area contributed by atoms with Crippen molar-refractivity contribution < 1.29 is 32.5 Å². The van der Waals surface area contributed by atoms with Gasteiger partial charge in [-0.2, -0.15) is 4.72 Å². The standard InChI is InChI=1S/C41H49N3O7S/c1-28-14-20-36(21-15-28)52(47,48)43-37(23-30-9-5-4-6-10-30)40(46)42-34-12-7-11-33(24-34)41-50-38(25-44-22-8-13-35(44)27-49-3)29(2)39(51-41)32-18-16-31(26-45)17-19-32/h4-7,9-12,14-21,24,29,35,37-39,41,43,45H,8,13,22-23,25-27H2,1-3H3,(H,42,46)/t29-,35-,37+,38+,39+,41+/m0/s1. The smallest absolute Gasteiger partial charge is 0.242 e. The van der Waals surface area contributed by atoms with Gasteiger partial charge in [-0.05, 0) is 73.7 Å². The molecule has 3 N–H and O–H groups in total. The van der Waals surface area contributed by atoms with Crippen LogP contribution in [-0.2, 0) is 42.1 Å². The summed E-state index contributed by atoms with van der Waals surface area (Å²) in [5.74, 6) is -0.475. The lowest BCUT2D eigenvalue weighted by Gasteiger charge is -2.43. The van der Waals surface area contributed by atoms with E-state index in [4.69, 9.17) is 14.2 Å². The molecule has 52 heavy (non-hydrogen) atoms. The third-order valence-electron chi connectivity index (χ3n) is 10.1. The molecule has 10 nitrogen and oxygen atoms in total. The van der Waals surface area contributed by atoms with Crippen molar-refractivity contribution in [1.29, 1.82) is 0 Å². The Hall–Kier alpha value is -3.94. The van der Waals surface area contributed by atoms with Crippen LogP contribution in [0.5, 0.6) is 0 Å². The number of hydrogen-bond acceptors (Lipinski definition) is 8. The fraction of sp³-hybridized carbons (Fsp3) is 0.390. The minimum absolute atomic E-state index is 0.0169. The lowest BCUT2D eigenvalue weighted by molar-refractivity contribution is -0.276. The van der Waals surface area contributed by atoms with Crippen molar-refractivity contribution in [3.63, 3.8) is 0 Å². The molecule has 4 aromatic carbocycles. The molecule has 0 unspecified atom stereocenters. The summed E-state index contributed by atoms with van der Waals surface area (Å²) >= 11 is 0. The molecule has 0 bridgehead atoms. The molecule has 4 aromatic rings. The predicted octanol–water partition coefficient (Wildman–Crippen LogP) is 5.92. The molecule has 0 aliphatic carbocycles. The number of rotatable bonds is 14. The molecule has 2 aliphatic heterocycles. The number of sulfonamides is 1. The Bertz CT molecular complexity index is 1870. The first kappa shape index (κ1) is 37.8. The maximum atomic E-state index is 13.9. The molecule has 6 rings (SSSR count). The van der Waals surface area contributed by atoms with Crippen LogP contribution < -0.4 is 10.0 Å². The number of methoxy groups -OCH3 is 1. The zero-order valence-electron chi connectivity index (χ0n) is 30.0. The molecular formula is C41H49N3O7S. The number of anilines is 1. The van der Waals surface area contributed by atoms with Gasteiger partial charge in [0.15, 0.2) is 6.29 Å². The molecule has 2 aliphatic rings. The number of likely N-dealkylation sites (tertiary alicyclic amines) is 1. The molecule has 11 heteroatoms. The average Bonchev–Trinajstić information content (AvgIpc) is 3.59. The second kappa shape index (κ2) is 17.3. The van der Waals surface area contributed by atoms with Crippen LogP contribution in [0.25, 0.3) is 0 Å². The fourth-order valence-electron chi connectivity index (χ4n) is 7.08. The molecule has 2 heterocycles. The zero-order valence-corrected chi connectivity index (χ0v) is 30.8. The summed E-state index contributed by atoms with van der Waals surface area (Å²) in [6.07, 6.45) is 1.16. The van der Waals surface area contributed by atoms with Gasteiger partial charge < -0.3 is 24.6 Å². The molecule has 0 radical (unpaired) electrons. The molecule has 0 aromatic heterocycles. The normalized spacial score (nSPS) is 23.0. The van der Waals surface area contributed by atoms with Crippen LogP contribution in [0.15, 0.2) is 108 Å². The maximum absolute atomic E-state index is 13.9.